The Labute approximate surface area is 147 Å². The van der Waals surface area contributed by atoms with E-state index in [4.69, 9.17) is 0 Å². The minimum absolute atomic E-state index is 0. The van der Waals surface area contributed by atoms with Crippen LogP contribution in [0.4, 0.5) is 0 Å². The van der Waals surface area contributed by atoms with Gasteiger partial charge in [0.2, 0.25) is 0 Å². The molecule has 2 rings (SSSR count). The van der Waals surface area contributed by atoms with Gasteiger partial charge in [0.25, 0.3) is 0 Å². The van der Waals surface area contributed by atoms with E-state index < -0.39 is 11.9 Å². The van der Waals surface area contributed by atoms with Crippen molar-refractivity contribution in [2.45, 2.75) is 0 Å². The summed E-state index contributed by atoms with van der Waals surface area (Å²) in [7, 11) is 0. The minimum atomic E-state index is -0.708. The summed E-state index contributed by atoms with van der Waals surface area (Å²) < 4.78 is 0. The van der Waals surface area contributed by atoms with Crippen LogP contribution in [0.1, 0.15) is 20.7 Å². The molecule has 0 fully saturated rings. The molecule has 21 heavy (non-hydrogen) atoms. The maximum Gasteiger partial charge on any atom is 2.00 e. The number of carbonyl (C=O) groups is 2. The normalized spacial score (nSPS) is 8.19. The molecule has 0 aliphatic heterocycles. The first-order chi connectivity index (χ1) is 8.77. The standard InChI is InChI=1S/C14H10O4.2ClH.Zn/c15-13(11-7-3-1-4-8-11)17-18-14(16)12-9-5-2-6-10-12;;;/h1-10H;2*1H;/q;;;+2/p-2. The quantitative estimate of drug-likeness (QED) is 0.311. The molecule has 0 saturated carbocycles. The van der Waals surface area contributed by atoms with Gasteiger partial charge in [0.1, 0.15) is 0 Å². The Hall–Kier alpha value is -1.42. The average molecular weight is 379 g/mol. The van der Waals surface area contributed by atoms with Crippen molar-refractivity contribution < 1.29 is 63.7 Å². The van der Waals surface area contributed by atoms with E-state index in [1.54, 1.807) is 60.7 Å². The molecule has 0 N–H and O–H groups in total. The Bertz CT molecular complexity index is 498. The van der Waals surface area contributed by atoms with Gasteiger partial charge in [-0.05, 0) is 24.3 Å². The summed E-state index contributed by atoms with van der Waals surface area (Å²) in [5.41, 5.74) is 0.636. The van der Waals surface area contributed by atoms with E-state index >= 15 is 0 Å². The van der Waals surface area contributed by atoms with Gasteiger partial charge in [0.05, 0.1) is 11.1 Å². The van der Waals surface area contributed by atoms with Gasteiger partial charge < -0.3 is 24.8 Å². The fraction of sp³-hybridized carbons (Fsp3) is 0. The van der Waals surface area contributed by atoms with Gasteiger partial charge in [-0.2, -0.15) is 0 Å². The smallest absolute Gasteiger partial charge is 1.00 e. The molecule has 2 aromatic rings. The van der Waals surface area contributed by atoms with E-state index in [2.05, 4.69) is 9.78 Å². The molecule has 0 spiro atoms. The molecule has 0 aromatic heterocycles. The maximum atomic E-state index is 11.5. The van der Waals surface area contributed by atoms with Crippen LogP contribution in [0, 0.1) is 0 Å². The molecule has 0 unspecified atom stereocenters. The molecule has 0 amide bonds. The predicted molar refractivity (Wildman–Crippen MR) is 63.7 cm³/mol. The summed E-state index contributed by atoms with van der Waals surface area (Å²) in [5.74, 6) is -1.42. The van der Waals surface area contributed by atoms with Crippen molar-refractivity contribution in [1.29, 1.82) is 0 Å². The summed E-state index contributed by atoms with van der Waals surface area (Å²) >= 11 is 0. The largest absolute Gasteiger partial charge is 2.00 e. The summed E-state index contributed by atoms with van der Waals surface area (Å²) in [4.78, 5) is 31.9. The third-order valence-corrected chi connectivity index (χ3v) is 2.21. The molecule has 0 saturated heterocycles. The number of hydrogen-bond acceptors (Lipinski definition) is 4. The summed E-state index contributed by atoms with van der Waals surface area (Å²) in [6.07, 6.45) is 0. The van der Waals surface area contributed by atoms with Crippen molar-refractivity contribution in [3.63, 3.8) is 0 Å². The second-order valence-corrected chi connectivity index (χ2v) is 3.47. The van der Waals surface area contributed by atoms with Crippen molar-refractivity contribution in [3.05, 3.63) is 71.8 Å². The van der Waals surface area contributed by atoms with Crippen LogP contribution < -0.4 is 24.8 Å². The molecule has 0 radical (unpaired) electrons. The Morgan fingerprint density at radius 3 is 1.19 bits per heavy atom. The second kappa shape index (κ2) is 11.3. The van der Waals surface area contributed by atoms with Crippen LogP contribution in [0.5, 0.6) is 0 Å². The van der Waals surface area contributed by atoms with Gasteiger partial charge in [-0.25, -0.2) is 19.4 Å². The van der Waals surface area contributed by atoms with Crippen molar-refractivity contribution >= 4 is 11.9 Å². The molecular weight excluding hydrogens is 368 g/mol. The maximum absolute atomic E-state index is 11.5. The Morgan fingerprint density at radius 2 is 0.905 bits per heavy atom. The van der Waals surface area contributed by atoms with Crippen molar-refractivity contribution in [2.75, 3.05) is 0 Å². The zero-order valence-corrected chi connectivity index (χ0v) is 15.3. The van der Waals surface area contributed by atoms with Crippen molar-refractivity contribution in [3.8, 4) is 0 Å². The molecule has 2 aromatic carbocycles. The van der Waals surface area contributed by atoms with Gasteiger partial charge in [-0.15, -0.1) is 0 Å². The van der Waals surface area contributed by atoms with E-state index in [0.29, 0.717) is 11.1 Å². The summed E-state index contributed by atoms with van der Waals surface area (Å²) in [5, 5.41) is 0. The van der Waals surface area contributed by atoms with Crippen LogP contribution in [0.3, 0.4) is 0 Å². The van der Waals surface area contributed by atoms with E-state index in [0.717, 1.165) is 0 Å². The zero-order chi connectivity index (χ0) is 12.8. The third-order valence-electron chi connectivity index (χ3n) is 2.21. The van der Waals surface area contributed by atoms with Gasteiger partial charge in [-0.1, -0.05) is 36.4 Å². The molecule has 4 nitrogen and oxygen atoms in total. The number of benzene rings is 2. The molecular formula is C14H10Cl2O4Zn. The first-order valence-corrected chi connectivity index (χ1v) is 5.30. The van der Waals surface area contributed by atoms with Crippen LogP contribution in [0.25, 0.3) is 0 Å². The third kappa shape index (κ3) is 6.72. The molecule has 0 bridgehead atoms. The Morgan fingerprint density at radius 1 is 0.619 bits per heavy atom. The first-order valence-electron chi connectivity index (χ1n) is 5.30. The zero-order valence-electron chi connectivity index (χ0n) is 10.9. The van der Waals surface area contributed by atoms with Gasteiger partial charge in [-0.3, -0.25) is 0 Å². The van der Waals surface area contributed by atoms with Crippen molar-refractivity contribution in [1.82, 2.24) is 0 Å². The van der Waals surface area contributed by atoms with Crippen molar-refractivity contribution in [2.24, 2.45) is 0 Å². The van der Waals surface area contributed by atoms with E-state index in [1.165, 1.54) is 0 Å². The SMILES string of the molecule is O=C(OOC(=O)c1ccccc1)c1ccccc1.[Cl-].[Cl-].[Zn+2]. The predicted octanol–water partition coefficient (Wildman–Crippen LogP) is -3.38. The van der Waals surface area contributed by atoms with Gasteiger partial charge >= 0.3 is 31.4 Å². The van der Waals surface area contributed by atoms with E-state index in [1.807, 2.05) is 0 Å². The van der Waals surface area contributed by atoms with Gasteiger partial charge in [0, 0.05) is 0 Å². The van der Waals surface area contributed by atoms with Crippen LogP contribution in [0.15, 0.2) is 60.7 Å². The van der Waals surface area contributed by atoms with Crippen LogP contribution in [0.2, 0.25) is 0 Å². The average Bonchev–Trinajstić information content (AvgIpc) is 2.46. The number of halogens is 2. The molecule has 7 heteroatoms. The summed E-state index contributed by atoms with van der Waals surface area (Å²) in [6, 6.07) is 16.6. The topological polar surface area (TPSA) is 52.6 Å². The Balaban J connectivity index is 0. The van der Waals surface area contributed by atoms with Gasteiger partial charge in [0.15, 0.2) is 0 Å². The molecule has 0 atom stereocenters. The second-order valence-electron chi connectivity index (χ2n) is 3.47. The van der Waals surface area contributed by atoms with E-state index in [-0.39, 0.29) is 44.3 Å². The van der Waals surface area contributed by atoms with E-state index in [9.17, 15) is 9.59 Å². The molecule has 0 heterocycles. The van der Waals surface area contributed by atoms with Crippen LogP contribution >= 0.6 is 0 Å². The molecule has 0 aliphatic rings. The first kappa shape index (κ1) is 21.9. The van der Waals surface area contributed by atoms with Crippen LogP contribution in [-0.4, -0.2) is 11.9 Å². The minimum Gasteiger partial charge on any atom is -1.00 e. The number of carbonyl (C=O) groups excluding carboxylic acids is 2. The fourth-order valence-corrected chi connectivity index (χ4v) is 1.32. The molecule has 106 valence electrons. The van der Waals surface area contributed by atoms with Crippen LogP contribution in [-0.2, 0) is 29.3 Å². The Kier molecular flexibility index (Phi) is 11.7. The summed E-state index contributed by atoms with van der Waals surface area (Å²) in [6.45, 7) is 0. The number of hydrogen-bond donors (Lipinski definition) is 0. The number of rotatable bonds is 2. The monoisotopic (exact) mass is 376 g/mol. The molecule has 0 aliphatic carbocycles. The fourth-order valence-electron chi connectivity index (χ4n) is 1.32.